The van der Waals surface area contributed by atoms with Crippen LogP contribution < -0.4 is 10.1 Å². The van der Waals surface area contributed by atoms with Crippen LogP contribution in [0.5, 0.6) is 5.75 Å². The first-order valence-electron chi connectivity index (χ1n) is 10.1. The number of ether oxygens (including phenoxy) is 1. The van der Waals surface area contributed by atoms with E-state index in [9.17, 15) is 4.79 Å². The first-order valence-corrected chi connectivity index (χ1v) is 10.5. The summed E-state index contributed by atoms with van der Waals surface area (Å²) in [5.41, 5.74) is 4.29. The summed E-state index contributed by atoms with van der Waals surface area (Å²) in [5, 5.41) is 3.39. The van der Waals surface area contributed by atoms with Gasteiger partial charge in [0.05, 0.1) is 17.2 Å². The molecule has 0 aliphatic rings. The number of nitrogens with one attached hydrogen (secondary N) is 1. The Morgan fingerprint density at radius 1 is 1.10 bits per heavy atom. The summed E-state index contributed by atoms with van der Waals surface area (Å²) in [7, 11) is 0. The zero-order valence-electron chi connectivity index (χ0n) is 17.6. The highest BCUT2D eigenvalue weighted by Crippen LogP contribution is 2.32. The minimum Gasteiger partial charge on any atom is -0.493 e. The van der Waals surface area contributed by atoms with Gasteiger partial charge in [0.25, 0.3) is 5.91 Å². The number of anilines is 1. The van der Waals surface area contributed by atoms with Crippen LogP contribution in [0.4, 0.5) is 5.69 Å². The van der Waals surface area contributed by atoms with Gasteiger partial charge in [-0.15, -0.1) is 0 Å². The largest absolute Gasteiger partial charge is 0.493 e. The number of benzene rings is 3. The number of nitrogens with zero attached hydrogens (tertiary/aromatic N) is 1. The number of hydrogen-bond acceptors (Lipinski definition) is 4. The molecule has 0 aliphatic heterocycles. The molecule has 31 heavy (non-hydrogen) atoms. The van der Waals surface area contributed by atoms with E-state index in [-0.39, 0.29) is 5.91 Å². The molecule has 0 aliphatic carbocycles. The van der Waals surface area contributed by atoms with Crippen LogP contribution in [0.3, 0.4) is 0 Å². The molecule has 4 rings (SSSR count). The molecule has 5 nitrogen and oxygen atoms in total. The second-order valence-corrected chi connectivity index (χ2v) is 8.28. The molecular formula is C25H23ClN2O3. The van der Waals surface area contributed by atoms with E-state index in [4.69, 9.17) is 20.8 Å². The average molecular weight is 435 g/mol. The highest BCUT2D eigenvalue weighted by molar-refractivity contribution is 6.33. The van der Waals surface area contributed by atoms with Crippen LogP contribution in [-0.4, -0.2) is 17.5 Å². The fraction of sp³-hybridized carbons (Fsp3) is 0.200. The first-order chi connectivity index (χ1) is 14.9. The quantitative estimate of drug-likeness (QED) is 0.364. The summed E-state index contributed by atoms with van der Waals surface area (Å²) < 4.78 is 11.6. The lowest BCUT2D eigenvalue weighted by molar-refractivity contribution is 0.102. The predicted molar refractivity (Wildman–Crippen MR) is 124 cm³/mol. The Balaban J connectivity index is 1.53. The van der Waals surface area contributed by atoms with E-state index >= 15 is 0 Å². The maximum atomic E-state index is 12.7. The number of carbonyl (C=O) groups is 1. The molecule has 0 atom stereocenters. The van der Waals surface area contributed by atoms with Gasteiger partial charge in [0.1, 0.15) is 11.3 Å². The molecule has 0 spiro atoms. The lowest BCUT2D eigenvalue weighted by Crippen LogP contribution is -2.12. The third-order valence-corrected chi connectivity index (χ3v) is 5.03. The van der Waals surface area contributed by atoms with E-state index in [1.807, 2.05) is 25.1 Å². The molecule has 3 aromatic carbocycles. The van der Waals surface area contributed by atoms with Gasteiger partial charge in [-0.1, -0.05) is 31.5 Å². The van der Waals surface area contributed by atoms with Crippen LogP contribution in [0.25, 0.3) is 22.6 Å². The van der Waals surface area contributed by atoms with Crippen molar-refractivity contribution in [2.45, 2.75) is 20.8 Å². The molecule has 0 radical (unpaired) electrons. The number of aryl methyl sites for hydroxylation is 1. The third-order valence-electron chi connectivity index (χ3n) is 4.70. The number of amides is 1. The number of fused-ring (bicyclic) bond motifs is 1. The monoisotopic (exact) mass is 434 g/mol. The third kappa shape index (κ3) is 4.89. The van der Waals surface area contributed by atoms with Crippen LogP contribution in [-0.2, 0) is 0 Å². The topological polar surface area (TPSA) is 64.4 Å². The van der Waals surface area contributed by atoms with Crippen molar-refractivity contribution in [3.63, 3.8) is 0 Å². The normalized spacial score (nSPS) is 11.1. The van der Waals surface area contributed by atoms with E-state index in [2.05, 4.69) is 24.1 Å². The molecule has 6 heteroatoms. The summed E-state index contributed by atoms with van der Waals surface area (Å²) in [6, 6.07) is 18.1. The van der Waals surface area contributed by atoms with E-state index < -0.39 is 0 Å². The van der Waals surface area contributed by atoms with Gasteiger partial charge in [-0.2, -0.15) is 0 Å². The summed E-state index contributed by atoms with van der Waals surface area (Å²) in [4.78, 5) is 17.2. The lowest BCUT2D eigenvalue weighted by Gasteiger charge is -2.10. The maximum Gasteiger partial charge on any atom is 0.255 e. The minimum atomic E-state index is -0.225. The van der Waals surface area contributed by atoms with Crippen molar-refractivity contribution in [3.8, 4) is 17.2 Å². The minimum absolute atomic E-state index is 0.225. The summed E-state index contributed by atoms with van der Waals surface area (Å²) in [6.45, 7) is 6.80. The molecule has 0 fully saturated rings. The van der Waals surface area contributed by atoms with Crippen molar-refractivity contribution in [2.75, 3.05) is 11.9 Å². The molecule has 1 amide bonds. The molecule has 0 saturated carbocycles. The zero-order valence-corrected chi connectivity index (χ0v) is 18.4. The van der Waals surface area contributed by atoms with E-state index in [1.54, 1.807) is 42.5 Å². The first kappa shape index (κ1) is 20.9. The van der Waals surface area contributed by atoms with Crippen LogP contribution in [0, 0.1) is 12.8 Å². The van der Waals surface area contributed by atoms with Gasteiger partial charge in [0, 0.05) is 11.3 Å². The van der Waals surface area contributed by atoms with Gasteiger partial charge in [-0.3, -0.25) is 4.79 Å². The van der Waals surface area contributed by atoms with Crippen molar-refractivity contribution in [3.05, 3.63) is 76.8 Å². The Morgan fingerprint density at radius 3 is 2.61 bits per heavy atom. The second kappa shape index (κ2) is 8.82. The number of oxazole rings is 1. The van der Waals surface area contributed by atoms with Gasteiger partial charge in [-0.05, 0) is 73.0 Å². The van der Waals surface area contributed by atoms with Crippen molar-refractivity contribution < 1.29 is 13.9 Å². The number of hydrogen-bond donors (Lipinski definition) is 1. The molecular weight excluding hydrogens is 412 g/mol. The maximum absolute atomic E-state index is 12.7. The fourth-order valence-electron chi connectivity index (χ4n) is 3.08. The predicted octanol–water partition coefficient (Wildman–Crippen LogP) is 6.74. The van der Waals surface area contributed by atoms with Crippen molar-refractivity contribution in [2.24, 2.45) is 5.92 Å². The highest BCUT2D eigenvalue weighted by Gasteiger charge is 2.14. The van der Waals surface area contributed by atoms with Crippen LogP contribution >= 0.6 is 11.6 Å². The Morgan fingerprint density at radius 2 is 1.87 bits per heavy atom. The summed E-state index contributed by atoms with van der Waals surface area (Å²) in [5.74, 6) is 1.36. The summed E-state index contributed by atoms with van der Waals surface area (Å²) >= 11 is 6.39. The number of rotatable bonds is 6. The molecule has 1 heterocycles. The van der Waals surface area contributed by atoms with Gasteiger partial charge in [0.15, 0.2) is 5.58 Å². The molecule has 1 aromatic heterocycles. The Bertz CT molecular complexity index is 1230. The Labute approximate surface area is 186 Å². The number of halogens is 1. The number of carbonyl (C=O) groups excluding carboxylic acids is 1. The van der Waals surface area contributed by atoms with E-state index in [0.717, 1.165) is 16.8 Å². The lowest BCUT2D eigenvalue weighted by atomic mass is 10.1. The molecule has 0 unspecified atom stereocenters. The smallest absolute Gasteiger partial charge is 0.255 e. The Hall–Kier alpha value is -3.31. The van der Waals surface area contributed by atoms with Gasteiger partial charge >= 0.3 is 0 Å². The van der Waals surface area contributed by atoms with E-state index in [0.29, 0.717) is 45.8 Å². The molecule has 0 bridgehead atoms. The second-order valence-electron chi connectivity index (χ2n) is 7.87. The van der Waals surface area contributed by atoms with Gasteiger partial charge in [0.2, 0.25) is 5.89 Å². The summed E-state index contributed by atoms with van der Waals surface area (Å²) in [6.07, 6.45) is 0. The van der Waals surface area contributed by atoms with Crippen molar-refractivity contribution in [1.82, 2.24) is 4.98 Å². The standard InChI is InChI=1S/C25H23ClN2O3/c1-15(2)14-30-19-8-5-17(6-9-19)24(29)27-18-7-10-21(26)20(13-18)25-28-22-11-4-16(3)12-23(22)31-25/h4-13,15H,14H2,1-3H3,(H,27,29). The van der Waals surface area contributed by atoms with Gasteiger partial charge < -0.3 is 14.5 Å². The zero-order chi connectivity index (χ0) is 22.0. The van der Waals surface area contributed by atoms with Crippen molar-refractivity contribution >= 4 is 34.3 Å². The number of aromatic nitrogens is 1. The molecule has 4 aromatic rings. The van der Waals surface area contributed by atoms with Crippen LogP contribution in [0.15, 0.2) is 65.1 Å². The van der Waals surface area contributed by atoms with Gasteiger partial charge in [-0.25, -0.2) is 4.98 Å². The molecule has 0 saturated heterocycles. The average Bonchev–Trinajstić information content (AvgIpc) is 3.16. The van der Waals surface area contributed by atoms with Crippen LogP contribution in [0.1, 0.15) is 29.8 Å². The van der Waals surface area contributed by atoms with Crippen LogP contribution in [0.2, 0.25) is 5.02 Å². The fourth-order valence-corrected chi connectivity index (χ4v) is 3.28. The SMILES string of the molecule is Cc1ccc2nc(-c3cc(NC(=O)c4ccc(OCC(C)C)cc4)ccc3Cl)oc2c1. The molecule has 1 N–H and O–H groups in total. The van der Waals surface area contributed by atoms with E-state index in [1.165, 1.54) is 0 Å². The highest BCUT2D eigenvalue weighted by atomic mass is 35.5. The molecule has 158 valence electrons. The van der Waals surface area contributed by atoms with Crippen molar-refractivity contribution in [1.29, 1.82) is 0 Å². The Kier molecular flexibility index (Phi) is 5.96.